The molecule has 5 heteroatoms. The zero-order valence-corrected chi connectivity index (χ0v) is 14.0. The number of hydrogen-bond donors (Lipinski definition) is 2. The molecule has 1 aliphatic heterocycles. The van der Waals surface area contributed by atoms with E-state index in [0.29, 0.717) is 6.54 Å². The van der Waals surface area contributed by atoms with Crippen molar-refractivity contribution in [2.45, 2.75) is 39.2 Å². The molecule has 0 saturated carbocycles. The van der Waals surface area contributed by atoms with Crippen LogP contribution in [0.25, 0.3) is 0 Å². The Bertz CT molecular complexity index is 808. The maximum Gasteiger partial charge on any atom is 0.261 e. The van der Waals surface area contributed by atoms with Gasteiger partial charge in [-0.2, -0.15) is 0 Å². The summed E-state index contributed by atoms with van der Waals surface area (Å²) in [5.74, 6) is 0.782. The van der Waals surface area contributed by atoms with Crippen LogP contribution in [0.5, 0.6) is 5.75 Å². The van der Waals surface area contributed by atoms with E-state index in [0.717, 1.165) is 36.5 Å². The van der Waals surface area contributed by atoms with Crippen LogP contribution in [0.3, 0.4) is 0 Å². The van der Waals surface area contributed by atoms with Crippen LogP contribution >= 0.6 is 0 Å². The van der Waals surface area contributed by atoms with Gasteiger partial charge in [-0.05, 0) is 48.1 Å². The number of carbonyl (C=O) groups is 1. The average molecular weight is 326 g/mol. The molecule has 0 aliphatic carbocycles. The Balaban J connectivity index is 1.68. The van der Waals surface area contributed by atoms with Gasteiger partial charge in [0.15, 0.2) is 0 Å². The Morgan fingerprint density at radius 1 is 1.29 bits per heavy atom. The first kappa shape index (κ1) is 16.3. The molecular formula is C19H22N2O3. The molecule has 126 valence electrons. The van der Waals surface area contributed by atoms with E-state index in [1.165, 1.54) is 5.56 Å². The number of aromatic amines is 1. The second-order valence-corrected chi connectivity index (χ2v) is 6.39. The van der Waals surface area contributed by atoms with Crippen LogP contribution in [0.2, 0.25) is 0 Å². The van der Waals surface area contributed by atoms with Crippen LogP contribution in [-0.2, 0) is 13.0 Å². The van der Waals surface area contributed by atoms with Crippen molar-refractivity contribution >= 4 is 5.91 Å². The van der Waals surface area contributed by atoms with Gasteiger partial charge in [-0.15, -0.1) is 0 Å². The molecular weight excluding hydrogens is 304 g/mol. The van der Waals surface area contributed by atoms with Crippen LogP contribution in [0.1, 0.15) is 53.4 Å². The van der Waals surface area contributed by atoms with E-state index in [-0.39, 0.29) is 22.9 Å². The second kappa shape index (κ2) is 6.91. The molecule has 1 aliphatic rings. The van der Waals surface area contributed by atoms with Gasteiger partial charge in [0, 0.05) is 12.2 Å². The number of amides is 1. The van der Waals surface area contributed by atoms with Gasteiger partial charge in [0.2, 0.25) is 0 Å². The van der Waals surface area contributed by atoms with E-state index >= 15 is 0 Å². The smallest absolute Gasteiger partial charge is 0.261 e. The summed E-state index contributed by atoms with van der Waals surface area (Å²) in [7, 11) is 0. The predicted octanol–water partition coefficient (Wildman–Crippen LogP) is 2.75. The Morgan fingerprint density at radius 3 is 2.88 bits per heavy atom. The average Bonchev–Trinajstić information content (AvgIpc) is 2.59. The number of hydrogen-bond acceptors (Lipinski definition) is 3. The Morgan fingerprint density at radius 2 is 2.12 bits per heavy atom. The van der Waals surface area contributed by atoms with E-state index in [9.17, 15) is 9.59 Å². The summed E-state index contributed by atoms with van der Waals surface area (Å²) >= 11 is 0. The van der Waals surface area contributed by atoms with E-state index in [1.807, 2.05) is 26.0 Å². The lowest BCUT2D eigenvalue weighted by molar-refractivity contribution is 0.0949. The number of aryl methyl sites for hydroxylation is 1. The Labute approximate surface area is 141 Å². The van der Waals surface area contributed by atoms with E-state index in [4.69, 9.17) is 4.74 Å². The molecule has 1 aromatic carbocycles. The first-order valence-electron chi connectivity index (χ1n) is 8.30. The lowest BCUT2D eigenvalue weighted by atomic mass is 10.0. The number of carbonyl (C=O) groups excluding carboxylic acids is 1. The quantitative estimate of drug-likeness (QED) is 0.907. The molecule has 24 heavy (non-hydrogen) atoms. The molecule has 0 unspecified atom stereocenters. The molecule has 5 nitrogen and oxygen atoms in total. The predicted molar refractivity (Wildman–Crippen MR) is 92.6 cm³/mol. The van der Waals surface area contributed by atoms with Gasteiger partial charge < -0.3 is 15.0 Å². The third-order valence-electron chi connectivity index (χ3n) is 4.22. The molecule has 0 spiro atoms. The van der Waals surface area contributed by atoms with Crippen molar-refractivity contribution < 1.29 is 9.53 Å². The minimum Gasteiger partial charge on any atom is -0.493 e. The SMILES string of the molecule is CC(C)c1ccc(C(=O)NCc2ccc3c(c2)CCCO3)c(=O)[nH]1. The standard InChI is InChI=1S/C19H22N2O3/c1-12(2)16-7-6-15(19(23)21-16)18(22)20-11-13-5-8-17-14(10-13)4-3-9-24-17/h5-8,10,12H,3-4,9,11H2,1-2H3,(H,20,22)(H,21,23). The first-order chi connectivity index (χ1) is 11.5. The maximum atomic E-state index is 12.3. The molecule has 0 bridgehead atoms. The fourth-order valence-corrected chi connectivity index (χ4v) is 2.81. The lowest BCUT2D eigenvalue weighted by Gasteiger charge is -2.18. The van der Waals surface area contributed by atoms with Gasteiger partial charge in [-0.25, -0.2) is 0 Å². The van der Waals surface area contributed by atoms with E-state index in [1.54, 1.807) is 12.1 Å². The minimum atomic E-state index is -0.361. The summed E-state index contributed by atoms with van der Waals surface area (Å²) in [5.41, 5.74) is 2.79. The topological polar surface area (TPSA) is 71.2 Å². The summed E-state index contributed by atoms with van der Waals surface area (Å²) in [4.78, 5) is 27.1. The molecule has 2 aromatic rings. The zero-order chi connectivity index (χ0) is 17.1. The van der Waals surface area contributed by atoms with E-state index < -0.39 is 0 Å². The Hall–Kier alpha value is -2.56. The third kappa shape index (κ3) is 3.50. The highest BCUT2D eigenvalue weighted by molar-refractivity contribution is 5.93. The van der Waals surface area contributed by atoms with Crippen molar-refractivity contribution in [1.29, 1.82) is 0 Å². The van der Waals surface area contributed by atoms with Crippen molar-refractivity contribution in [3.05, 3.63) is 63.1 Å². The third-order valence-corrected chi connectivity index (χ3v) is 4.22. The maximum absolute atomic E-state index is 12.3. The molecule has 3 rings (SSSR count). The number of fused-ring (bicyclic) bond motifs is 1. The Kier molecular flexibility index (Phi) is 4.69. The van der Waals surface area contributed by atoms with Crippen molar-refractivity contribution in [2.24, 2.45) is 0 Å². The molecule has 0 atom stereocenters. The molecule has 2 heterocycles. The van der Waals surface area contributed by atoms with Crippen molar-refractivity contribution in [2.75, 3.05) is 6.61 Å². The van der Waals surface area contributed by atoms with Crippen LogP contribution in [0, 0.1) is 0 Å². The largest absolute Gasteiger partial charge is 0.493 e. The van der Waals surface area contributed by atoms with Gasteiger partial charge in [-0.3, -0.25) is 9.59 Å². The van der Waals surface area contributed by atoms with E-state index in [2.05, 4.69) is 16.4 Å². The number of ether oxygens (including phenoxy) is 1. The van der Waals surface area contributed by atoms with Crippen LogP contribution in [0.4, 0.5) is 0 Å². The molecule has 2 N–H and O–H groups in total. The number of benzene rings is 1. The fourth-order valence-electron chi connectivity index (χ4n) is 2.81. The van der Waals surface area contributed by atoms with Crippen molar-refractivity contribution in [1.82, 2.24) is 10.3 Å². The van der Waals surface area contributed by atoms with Crippen LogP contribution < -0.4 is 15.6 Å². The highest BCUT2D eigenvalue weighted by atomic mass is 16.5. The molecule has 0 radical (unpaired) electrons. The first-order valence-corrected chi connectivity index (χ1v) is 8.30. The number of nitrogens with one attached hydrogen (secondary N) is 2. The minimum absolute atomic E-state index is 0.140. The van der Waals surface area contributed by atoms with Gasteiger partial charge in [0.25, 0.3) is 11.5 Å². The highest BCUT2D eigenvalue weighted by Gasteiger charge is 2.13. The highest BCUT2D eigenvalue weighted by Crippen LogP contribution is 2.25. The van der Waals surface area contributed by atoms with Crippen LogP contribution in [0.15, 0.2) is 35.1 Å². The summed E-state index contributed by atoms with van der Waals surface area (Å²) in [5, 5.41) is 2.81. The number of pyridine rings is 1. The van der Waals surface area contributed by atoms with Gasteiger partial charge in [0.05, 0.1) is 6.61 Å². The zero-order valence-electron chi connectivity index (χ0n) is 14.0. The van der Waals surface area contributed by atoms with Gasteiger partial charge >= 0.3 is 0 Å². The lowest BCUT2D eigenvalue weighted by Crippen LogP contribution is -2.29. The number of rotatable bonds is 4. The summed E-state index contributed by atoms with van der Waals surface area (Å²) in [6.07, 6.45) is 2.01. The van der Waals surface area contributed by atoms with Gasteiger partial charge in [0.1, 0.15) is 11.3 Å². The summed E-state index contributed by atoms with van der Waals surface area (Å²) in [6, 6.07) is 9.32. The summed E-state index contributed by atoms with van der Waals surface area (Å²) < 4.78 is 5.59. The second-order valence-electron chi connectivity index (χ2n) is 6.39. The van der Waals surface area contributed by atoms with Crippen LogP contribution in [-0.4, -0.2) is 17.5 Å². The molecule has 0 saturated heterocycles. The summed E-state index contributed by atoms with van der Waals surface area (Å²) in [6.45, 7) is 5.13. The number of H-pyrrole nitrogens is 1. The molecule has 1 aromatic heterocycles. The molecule has 1 amide bonds. The van der Waals surface area contributed by atoms with Crippen molar-refractivity contribution in [3.8, 4) is 5.75 Å². The van der Waals surface area contributed by atoms with Crippen molar-refractivity contribution in [3.63, 3.8) is 0 Å². The fraction of sp³-hybridized carbons (Fsp3) is 0.368. The monoisotopic (exact) mass is 326 g/mol. The van der Waals surface area contributed by atoms with Gasteiger partial charge in [-0.1, -0.05) is 26.0 Å². The normalized spacial score (nSPS) is 13.3. The molecule has 0 fully saturated rings. The number of aromatic nitrogens is 1.